The summed E-state index contributed by atoms with van der Waals surface area (Å²) in [5.41, 5.74) is 6.89. The van der Waals surface area contributed by atoms with E-state index in [-0.39, 0.29) is 0 Å². The Kier molecular flexibility index (Phi) is 6.60. The van der Waals surface area contributed by atoms with E-state index in [0.29, 0.717) is 17.5 Å². The molecule has 0 bridgehead atoms. The molecule has 6 aromatic carbocycles. The van der Waals surface area contributed by atoms with E-state index in [0.717, 1.165) is 44.7 Å². The van der Waals surface area contributed by atoms with Crippen LogP contribution in [-0.2, 0) is 0 Å². The first-order valence-electron chi connectivity index (χ1n) is 16.6. The molecule has 0 radical (unpaired) electrons. The van der Waals surface area contributed by atoms with Crippen LogP contribution in [-0.4, -0.2) is 24.5 Å². The lowest BCUT2D eigenvalue weighted by atomic mass is 10.0. The second-order valence-electron chi connectivity index (χ2n) is 12.3. The normalized spacial score (nSPS) is 11.6. The Bertz CT molecular complexity index is 2800. The molecule has 50 heavy (non-hydrogen) atoms. The van der Waals surface area contributed by atoms with E-state index >= 15 is 0 Å². The molecule has 4 heterocycles. The fourth-order valence-corrected chi connectivity index (χ4v) is 8.05. The molecule has 0 unspecified atom stereocenters. The second kappa shape index (κ2) is 11.6. The van der Waals surface area contributed by atoms with Crippen molar-refractivity contribution in [3.63, 3.8) is 0 Å². The van der Waals surface area contributed by atoms with Crippen LogP contribution in [0.25, 0.3) is 93.1 Å². The zero-order valence-corrected chi connectivity index (χ0v) is 27.5. The number of aromatic nitrogens is 5. The summed E-state index contributed by atoms with van der Waals surface area (Å²) in [6, 6.07) is 54.6. The third-order valence-electron chi connectivity index (χ3n) is 9.30. The first kappa shape index (κ1) is 28.5. The van der Waals surface area contributed by atoms with Crippen LogP contribution in [0.4, 0.5) is 0 Å². The summed E-state index contributed by atoms with van der Waals surface area (Å²) in [5, 5.41) is 4.91. The molecule has 0 amide bonds. The van der Waals surface area contributed by atoms with Gasteiger partial charge in [0, 0.05) is 53.8 Å². The minimum absolute atomic E-state index is 0.562. The van der Waals surface area contributed by atoms with Crippen molar-refractivity contribution in [2.45, 2.75) is 0 Å². The van der Waals surface area contributed by atoms with Gasteiger partial charge in [0.2, 0.25) is 0 Å². The second-order valence-corrected chi connectivity index (χ2v) is 13.4. The highest BCUT2D eigenvalue weighted by molar-refractivity contribution is 7.25. The molecule has 10 rings (SSSR count). The summed E-state index contributed by atoms with van der Waals surface area (Å²) in [6.07, 6.45) is 1.96. The Morgan fingerprint density at radius 3 is 1.68 bits per heavy atom. The van der Waals surface area contributed by atoms with Crippen LogP contribution in [0.15, 0.2) is 164 Å². The summed E-state index contributed by atoms with van der Waals surface area (Å²) in [4.78, 5) is 20.6. The Morgan fingerprint density at radius 1 is 0.400 bits per heavy atom. The third kappa shape index (κ3) is 4.69. The predicted octanol–water partition coefficient (Wildman–Crippen LogP) is 11.4. The maximum Gasteiger partial charge on any atom is 0.167 e. The highest BCUT2D eigenvalue weighted by Crippen LogP contribution is 2.42. The van der Waals surface area contributed by atoms with Crippen molar-refractivity contribution >= 4 is 53.3 Å². The number of nitrogens with zero attached hydrogens (tertiary/aromatic N) is 5. The molecule has 0 fully saturated rings. The molecule has 10 aromatic rings. The molecule has 0 atom stereocenters. The van der Waals surface area contributed by atoms with E-state index in [2.05, 4.69) is 95.6 Å². The van der Waals surface area contributed by atoms with Crippen molar-refractivity contribution in [3.8, 4) is 51.1 Å². The van der Waals surface area contributed by atoms with E-state index in [1.807, 2.05) is 84.3 Å². The van der Waals surface area contributed by atoms with Crippen molar-refractivity contribution in [1.29, 1.82) is 0 Å². The minimum atomic E-state index is 0.562. The van der Waals surface area contributed by atoms with Crippen molar-refractivity contribution in [3.05, 3.63) is 164 Å². The Hall–Kier alpha value is -6.50. The van der Waals surface area contributed by atoms with Crippen LogP contribution >= 0.6 is 11.3 Å². The van der Waals surface area contributed by atoms with Gasteiger partial charge in [-0.05, 0) is 35.9 Å². The molecule has 6 heteroatoms. The summed E-state index contributed by atoms with van der Waals surface area (Å²) >= 11 is 1.82. The lowest BCUT2D eigenvalue weighted by Gasteiger charge is -2.15. The third-order valence-corrected chi connectivity index (χ3v) is 10.4. The largest absolute Gasteiger partial charge is 0.293 e. The van der Waals surface area contributed by atoms with E-state index in [9.17, 15) is 0 Å². The number of hydrogen-bond donors (Lipinski definition) is 0. The van der Waals surface area contributed by atoms with Crippen molar-refractivity contribution in [2.24, 2.45) is 0 Å². The molecule has 0 saturated carbocycles. The first-order chi connectivity index (χ1) is 24.8. The standard InChI is InChI=1S/C44H27N5S/c1-4-14-28(15-5-1)31-24-36(43-47-41(29-16-6-2-7-17-29)46-42(48-43)30-18-8-3-9-19-30)44(45-27-31)49-37-22-12-10-20-32(37)34-25-35-33-21-11-13-23-39(33)50-40(35)26-38(34)49/h1-27H. The minimum Gasteiger partial charge on any atom is -0.293 e. The fourth-order valence-electron chi connectivity index (χ4n) is 6.93. The predicted molar refractivity (Wildman–Crippen MR) is 207 cm³/mol. The van der Waals surface area contributed by atoms with Crippen LogP contribution in [0.5, 0.6) is 0 Å². The van der Waals surface area contributed by atoms with E-state index in [4.69, 9.17) is 19.9 Å². The molecule has 5 nitrogen and oxygen atoms in total. The molecule has 0 aliphatic heterocycles. The average molecular weight is 658 g/mol. The van der Waals surface area contributed by atoms with Gasteiger partial charge in [-0.3, -0.25) is 4.57 Å². The monoisotopic (exact) mass is 657 g/mol. The summed E-state index contributed by atoms with van der Waals surface area (Å²) < 4.78 is 4.81. The Labute approximate surface area is 291 Å². The zero-order chi connectivity index (χ0) is 33.0. The average Bonchev–Trinajstić information content (AvgIpc) is 3.72. The van der Waals surface area contributed by atoms with Gasteiger partial charge in [0.15, 0.2) is 17.5 Å². The summed E-state index contributed by atoms with van der Waals surface area (Å²) in [7, 11) is 0. The topological polar surface area (TPSA) is 56.5 Å². The van der Waals surface area contributed by atoms with Gasteiger partial charge in [0.25, 0.3) is 0 Å². The van der Waals surface area contributed by atoms with Gasteiger partial charge in [0.1, 0.15) is 5.82 Å². The van der Waals surface area contributed by atoms with Crippen molar-refractivity contribution < 1.29 is 0 Å². The molecular formula is C44H27N5S. The zero-order valence-electron chi connectivity index (χ0n) is 26.7. The maximum atomic E-state index is 5.27. The molecule has 4 aromatic heterocycles. The van der Waals surface area contributed by atoms with Gasteiger partial charge < -0.3 is 0 Å². The molecule has 0 N–H and O–H groups in total. The number of para-hydroxylation sites is 1. The quantitative estimate of drug-likeness (QED) is 0.185. The van der Waals surface area contributed by atoms with Gasteiger partial charge in [-0.25, -0.2) is 19.9 Å². The Balaban J connectivity index is 1.30. The highest BCUT2D eigenvalue weighted by Gasteiger charge is 2.22. The van der Waals surface area contributed by atoms with Crippen LogP contribution in [0.3, 0.4) is 0 Å². The van der Waals surface area contributed by atoms with Crippen LogP contribution in [0, 0.1) is 0 Å². The lowest BCUT2D eigenvalue weighted by molar-refractivity contribution is 1.04. The van der Waals surface area contributed by atoms with Crippen LogP contribution in [0.2, 0.25) is 0 Å². The number of benzene rings is 6. The van der Waals surface area contributed by atoms with Crippen molar-refractivity contribution in [1.82, 2.24) is 24.5 Å². The van der Waals surface area contributed by atoms with E-state index < -0.39 is 0 Å². The number of fused-ring (bicyclic) bond motifs is 6. The fraction of sp³-hybridized carbons (Fsp3) is 0. The molecular weight excluding hydrogens is 631 g/mol. The Morgan fingerprint density at radius 2 is 0.980 bits per heavy atom. The molecule has 0 spiro atoms. The number of hydrogen-bond acceptors (Lipinski definition) is 5. The molecule has 0 saturated heterocycles. The van der Waals surface area contributed by atoms with Crippen LogP contribution < -0.4 is 0 Å². The molecule has 0 aliphatic carbocycles. The van der Waals surface area contributed by atoms with Gasteiger partial charge in [0.05, 0.1) is 16.6 Å². The SMILES string of the molecule is c1ccc(-c2cnc(-n3c4ccccc4c4cc5c(cc43)sc3ccccc35)c(-c3nc(-c4ccccc4)nc(-c4ccccc4)n3)c2)cc1. The van der Waals surface area contributed by atoms with Gasteiger partial charge >= 0.3 is 0 Å². The molecule has 234 valence electrons. The van der Waals surface area contributed by atoms with E-state index in [1.165, 1.54) is 30.9 Å². The van der Waals surface area contributed by atoms with Gasteiger partial charge in [-0.1, -0.05) is 127 Å². The van der Waals surface area contributed by atoms with Gasteiger partial charge in [-0.15, -0.1) is 11.3 Å². The first-order valence-corrected chi connectivity index (χ1v) is 17.4. The lowest BCUT2D eigenvalue weighted by Crippen LogP contribution is -2.05. The van der Waals surface area contributed by atoms with Crippen molar-refractivity contribution in [2.75, 3.05) is 0 Å². The maximum absolute atomic E-state index is 5.27. The summed E-state index contributed by atoms with van der Waals surface area (Å²) in [6.45, 7) is 0. The van der Waals surface area contributed by atoms with E-state index in [1.54, 1.807) is 0 Å². The number of pyridine rings is 1. The molecule has 0 aliphatic rings. The smallest absolute Gasteiger partial charge is 0.167 e. The summed E-state index contributed by atoms with van der Waals surface area (Å²) in [5.74, 6) is 2.55. The van der Waals surface area contributed by atoms with Crippen LogP contribution in [0.1, 0.15) is 0 Å². The number of rotatable bonds is 5. The number of thiophene rings is 1. The van der Waals surface area contributed by atoms with Gasteiger partial charge in [-0.2, -0.15) is 0 Å². The highest BCUT2D eigenvalue weighted by atomic mass is 32.1.